The van der Waals surface area contributed by atoms with Gasteiger partial charge < -0.3 is 5.32 Å². The summed E-state index contributed by atoms with van der Waals surface area (Å²) in [6.07, 6.45) is 5.29. The summed E-state index contributed by atoms with van der Waals surface area (Å²) in [6, 6.07) is 4.27. The second-order valence-corrected chi connectivity index (χ2v) is 5.14. The predicted octanol–water partition coefficient (Wildman–Crippen LogP) is 2.18. The molecule has 0 unspecified atom stereocenters. The Morgan fingerprint density at radius 2 is 2.16 bits per heavy atom. The predicted molar refractivity (Wildman–Crippen MR) is 74.4 cm³/mol. The summed E-state index contributed by atoms with van der Waals surface area (Å²) in [5.74, 6) is 1.54. The van der Waals surface area contributed by atoms with Crippen LogP contribution in [-0.2, 0) is 13.1 Å². The maximum absolute atomic E-state index is 4.31. The van der Waals surface area contributed by atoms with Crippen molar-refractivity contribution in [3.8, 4) is 0 Å². The highest BCUT2D eigenvalue weighted by Crippen LogP contribution is 2.10. The number of hydrogen-bond donors (Lipinski definition) is 1. The summed E-state index contributed by atoms with van der Waals surface area (Å²) in [6.45, 7) is 8.09. The summed E-state index contributed by atoms with van der Waals surface area (Å²) < 4.78 is 1.97. The molecule has 0 aliphatic carbocycles. The zero-order valence-electron chi connectivity index (χ0n) is 11.7. The van der Waals surface area contributed by atoms with E-state index in [0.717, 1.165) is 12.4 Å². The van der Waals surface area contributed by atoms with Gasteiger partial charge in [-0.05, 0) is 24.5 Å². The molecule has 5 nitrogen and oxygen atoms in total. The standard InChI is InChI=1S/C14H21N5/c1-11(2)9-19-14(17-10-18-19)8-16-12(3)13-5-4-6-15-7-13/h4-7,10-12,16H,8-9H2,1-3H3/t12-/m1/s1. The Labute approximate surface area is 114 Å². The Bertz CT molecular complexity index is 492. The number of hydrogen-bond acceptors (Lipinski definition) is 4. The van der Waals surface area contributed by atoms with Crippen LogP contribution in [0.3, 0.4) is 0 Å². The van der Waals surface area contributed by atoms with Gasteiger partial charge in [-0.1, -0.05) is 19.9 Å². The highest BCUT2D eigenvalue weighted by molar-refractivity contribution is 5.12. The number of aromatic nitrogens is 4. The van der Waals surface area contributed by atoms with Crippen molar-refractivity contribution in [1.82, 2.24) is 25.1 Å². The summed E-state index contributed by atoms with van der Waals surface area (Å²) in [5.41, 5.74) is 1.18. The minimum atomic E-state index is 0.248. The Morgan fingerprint density at radius 1 is 1.32 bits per heavy atom. The average Bonchev–Trinajstić information content (AvgIpc) is 2.83. The van der Waals surface area contributed by atoms with Crippen molar-refractivity contribution in [3.05, 3.63) is 42.2 Å². The highest BCUT2D eigenvalue weighted by atomic mass is 15.3. The second-order valence-electron chi connectivity index (χ2n) is 5.14. The number of rotatable bonds is 6. The van der Waals surface area contributed by atoms with Gasteiger partial charge in [0, 0.05) is 25.0 Å². The molecule has 0 saturated carbocycles. The van der Waals surface area contributed by atoms with Gasteiger partial charge in [-0.3, -0.25) is 4.98 Å². The zero-order chi connectivity index (χ0) is 13.7. The highest BCUT2D eigenvalue weighted by Gasteiger charge is 2.09. The quantitative estimate of drug-likeness (QED) is 0.864. The molecule has 0 bridgehead atoms. The van der Waals surface area contributed by atoms with Crippen LogP contribution in [0.2, 0.25) is 0 Å². The minimum absolute atomic E-state index is 0.248. The lowest BCUT2D eigenvalue weighted by Crippen LogP contribution is -2.22. The lowest BCUT2D eigenvalue weighted by molar-refractivity contribution is 0.449. The molecule has 0 aliphatic rings. The van der Waals surface area contributed by atoms with Crippen molar-refractivity contribution >= 4 is 0 Å². The van der Waals surface area contributed by atoms with Crippen molar-refractivity contribution in [3.63, 3.8) is 0 Å². The second kappa shape index (κ2) is 6.43. The van der Waals surface area contributed by atoms with Gasteiger partial charge in [0.05, 0.1) is 6.54 Å². The Balaban J connectivity index is 1.94. The fourth-order valence-electron chi connectivity index (χ4n) is 1.92. The number of nitrogens with one attached hydrogen (secondary N) is 1. The molecule has 2 aromatic rings. The fourth-order valence-corrected chi connectivity index (χ4v) is 1.92. The summed E-state index contributed by atoms with van der Waals surface area (Å²) in [5, 5.41) is 7.71. The minimum Gasteiger partial charge on any atom is -0.303 e. The number of pyridine rings is 1. The molecule has 0 fully saturated rings. The van der Waals surface area contributed by atoms with Gasteiger partial charge in [0.25, 0.3) is 0 Å². The summed E-state index contributed by atoms with van der Waals surface area (Å²) >= 11 is 0. The monoisotopic (exact) mass is 259 g/mol. The maximum atomic E-state index is 4.31. The first kappa shape index (κ1) is 13.7. The number of nitrogens with zero attached hydrogens (tertiary/aromatic N) is 4. The van der Waals surface area contributed by atoms with Crippen LogP contribution >= 0.6 is 0 Å². The third-order valence-electron chi connectivity index (χ3n) is 2.98. The molecular weight excluding hydrogens is 238 g/mol. The largest absolute Gasteiger partial charge is 0.303 e. The lowest BCUT2D eigenvalue weighted by atomic mass is 10.1. The smallest absolute Gasteiger partial charge is 0.140 e. The molecule has 2 heterocycles. The van der Waals surface area contributed by atoms with Crippen molar-refractivity contribution in [2.45, 2.75) is 39.9 Å². The van der Waals surface area contributed by atoms with Crippen LogP contribution in [0.4, 0.5) is 0 Å². The SMILES string of the molecule is CC(C)Cn1ncnc1CN[C@H](C)c1cccnc1. The van der Waals surface area contributed by atoms with Crippen LogP contribution in [0.1, 0.15) is 38.2 Å². The summed E-state index contributed by atoms with van der Waals surface area (Å²) in [7, 11) is 0. The van der Waals surface area contributed by atoms with Gasteiger partial charge in [-0.25, -0.2) is 9.67 Å². The Kier molecular flexibility index (Phi) is 4.63. The normalized spacial score (nSPS) is 12.8. The van der Waals surface area contributed by atoms with Gasteiger partial charge in [-0.15, -0.1) is 0 Å². The molecule has 19 heavy (non-hydrogen) atoms. The van der Waals surface area contributed by atoms with Crippen molar-refractivity contribution < 1.29 is 0 Å². The molecule has 0 radical (unpaired) electrons. The van der Waals surface area contributed by atoms with E-state index in [0.29, 0.717) is 12.5 Å². The van der Waals surface area contributed by atoms with Crippen LogP contribution in [-0.4, -0.2) is 19.7 Å². The zero-order valence-corrected chi connectivity index (χ0v) is 11.7. The van der Waals surface area contributed by atoms with Crippen LogP contribution in [0.5, 0.6) is 0 Å². The van der Waals surface area contributed by atoms with E-state index in [1.165, 1.54) is 5.56 Å². The molecule has 5 heteroatoms. The third kappa shape index (κ3) is 3.86. The summed E-state index contributed by atoms with van der Waals surface area (Å²) in [4.78, 5) is 8.44. The topological polar surface area (TPSA) is 55.6 Å². The molecule has 1 atom stereocenters. The molecule has 102 valence electrons. The van der Waals surface area contributed by atoms with E-state index in [9.17, 15) is 0 Å². The van der Waals surface area contributed by atoms with E-state index in [4.69, 9.17) is 0 Å². The maximum Gasteiger partial charge on any atom is 0.140 e. The van der Waals surface area contributed by atoms with Crippen LogP contribution in [0.15, 0.2) is 30.9 Å². The van der Waals surface area contributed by atoms with Gasteiger partial charge in [0.2, 0.25) is 0 Å². The van der Waals surface area contributed by atoms with E-state index in [-0.39, 0.29) is 6.04 Å². The Hall–Kier alpha value is -1.75. The first-order valence-electron chi connectivity index (χ1n) is 6.67. The van der Waals surface area contributed by atoms with E-state index in [1.54, 1.807) is 12.5 Å². The van der Waals surface area contributed by atoms with Gasteiger partial charge >= 0.3 is 0 Å². The van der Waals surface area contributed by atoms with E-state index < -0.39 is 0 Å². The van der Waals surface area contributed by atoms with Crippen molar-refractivity contribution in [1.29, 1.82) is 0 Å². The molecule has 0 spiro atoms. The molecule has 2 aromatic heterocycles. The Morgan fingerprint density at radius 3 is 2.84 bits per heavy atom. The van der Waals surface area contributed by atoms with Crippen molar-refractivity contribution in [2.75, 3.05) is 0 Å². The molecule has 2 rings (SSSR count). The van der Waals surface area contributed by atoms with Crippen molar-refractivity contribution in [2.24, 2.45) is 5.92 Å². The molecule has 0 saturated heterocycles. The van der Waals surface area contributed by atoms with Gasteiger partial charge in [0.15, 0.2) is 0 Å². The molecule has 1 N–H and O–H groups in total. The molecular formula is C14H21N5. The van der Waals surface area contributed by atoms with Gasteiger partial charge in [0.1, 0.15) is 12.2 Å². The van der Waals surface area contributed by atoms with Crippen LogP contribution in [0.25, 0.3) is 0 Å². The van der Waals surface area contributed by atoms with E-state index >= 15 is 0 Å². The first-order chi connectivity index (χ1) is 9.16. The first-order valence-corrected chi connectivity index (χ1v) is 6.67. The molecule has 0 amide bonds. The van der Waals surface area contributed by atoms with Crippen LogP contribution < -0.4 is 5.32 Å². The van der Waals surface area contributed by atoms with E-state index in [1.807, 2.05) is 16.9 Å². The third-order valence-corrected chi connectivity index (χ3v) is 2.98. The van der Waals surface area contributed by atoms with Gasteiger partial charge in [-0.2, -0.15) is 5.10 Å². The fraction of sp³-hybridized carbons (Fsp3) is 0.500. The van der Waals surface area contributed by atoms with Crippen LogP contribution in [0, 0.1) is 5.92 Å². The van der Waals surface area contributed by atoms with E-state index in [2.05, 4.69) is 47.2 Å². The lowest BCUT2D eigenvalue weighted by Gasteiger charge is -2.14. The molecule has 0 aliphatic heterocycles. The molecule has 0 aromatic carbocycles. The average molecular weight is 259 g/mol.